The van der Waals surface area contributed by atoms with Crippen LogP contribution in [0.2, 0.25) is 0 Å². The average molecular weight is 698 g/mol. The summed E-state index contributed by atoms with van der Waals surface area (Å²) in [5, 5.41) is 5.21. The fourth-order valence-electron chi connectivity index (χ4n) is 9.13. The molecule has 2 heteroatoms. The number of benzene rings is 8. The van der Waals surface area contributed by atoms with Crippen molar-refractivity contribution >= 4 is 59.3 Å². The van der Waals surface area contributed by atoms with Crippen LogP contribution < -0.4 is 4.90 Å². The topological polar surface area (TPSA) is 3.24 Å². The van der Waals surface area contributed by atoms with E-state index in [1.54, 1.807) is 0 Å². The number of thiophene rings is 1. The van der Waals surface area contributed by atoms with E-state index in [-0.39, 0.29) is 5.41 Å². The van der Waals surface area contributed by atoms with Crippen LogP contribution in [0.4, 0.5) is 17.1 Å². The lowest BCUT2D eigenvalue weighted by molar-refractivity contribution is 0.490. The Morgan fingerprint density at radius 3 is 1.79 bits per heavy atom. The molecule has 1 nitrogen and oxygen atoms in total. The van der Waals surface area contributed by atoms with Crippen LogP contribution in [-0.4, -0.2) is 0 Å². The maximum absolute atomic E-state index is 2.50. The molecule has 9 aromatic rings. The first kappa shape index (κ1) is 31.7. The van der Waals surface area contributed by atoms with Crippen LogP contribution in [0, 0.1) is 0 Å². The highest BCUT2D eigenvalue weighted by molar-refractivity contribution is 7.26. The molecule has 0 bridgehead atoms. The van der Waals surface area contributed by atoms with Gasteiger partial charge in [0.1, 0.15) is 0 Å². The van der Waals surface area contributed by atoms with E-state index in [9.17, 15) is 0 Å². The lowest BCUT2D eigenvalue weighted by Crippen LogP contribution is -2.23. The van der Waals surface area contributed by atoms with Crippen LogP contribution in [0.25, 0.3) is 64.3 Å². The number of anilines is 3. The third kappa shape index (κ3) is 4.90. The van der Waals surface area contributed by atoms with Crippen molar-refractivity contribution < 1.29 is 0 Å². The summed E-state index contributed by atoms with van der Waals surface area (Å²) in [5.41, 5.74) is 14.1. The van der Waals surface area contributed by atoms with Crippen molar-refractivity contribution in [1.82, 2.24) is 0 Å². The number of fused-ring (bicyclic) bond motifs is 8. The van der Waals surface area contributed by atoms with Crippen molar-refractivity contribution in [1.29, 1.82) is 0 Å². The minimum absolute atomic E-state index is 0.0133. The normalized spacial score (nSPS) is 13.0. The van der Waals surface area contributed by atoms with Gasteiger partial charge in [0, 0.05) is 47.7 Å². The summed E-state index contributed by atoms with van der Waals surface area (Å²) < 4.78 is 2.68. The third-order valence-electron chi connectivity index (χ3n) is 11.8. The summed E-state index contributed by atoms with van der Waals surface area (Å²) in [6.07, 6.45) is 2.12. The molecule has 0 saturated carbocycles. The molecule has 53 heavy (non-hydrogen) atoms. The van der Waals surface area contributed by atoms with E-state index >= 15 is 0 Å². The van der Waals surface area contributed by atoms with Crippen LogP contribution >= 0.6 is 11.3 Å². The highest BCUT2D eigenvalue weighted by Gasteiger charge is 2.40. The molecule has 1 aromatic heterocycles. The van der Waals surface area contributed by atoms with Gasteiger partial charge >= 0.3 is 0 Å². The van der Waals surface area contributed by atoms with Gasteiger partial charge in [-0.15, -0.1) is 11.3 Å². The Kier molecular flexibility index (Phi) is 7.56. The summed E-state index contributed by atoms with van der Waals surface area (Å²) in [6.45, 7) is 4.71. The van der Waals surface area contributed by atoms with Gasteiger partial charge in [-0.3, -0.25) is 0 Å². The fourth-order valence-corrected chi connectivity index (χ4v) is 10.4. The number of rotatable bonds is 7. The van der Waals surface area contributed by atoms with Gasteiger partial charge in [-0.25, -0.2) is 0 Å². The molecule has 1 aliphatic carbocycles. The average Bonchev–Trinajstić information content (AvgIpc) is 3.75. The Bertz CT molecular complexity index is 2800. The molecule has 0 amide bonds. The molecule has 0 unspecified atom stereocenters. The van der Waals surface area contributed by atoms with Crippen molar-refractivity contribution in [2.24, 2.45) is 0 Å². The second kappa shape index (κ2) is 12.6. The van der Waals surface area contributed by atoms with Crippen LogP contribution in [0.15, 0.2) is 176 Å². The van der Waals surface area contributed by atoms with Crippen LogP contribution in [0.1, 0.15) is 37.8 Å². The first-order valence-corrected chi connectivity index (χ1v) is 19.6. The molecule has 0 N–H and O–H groups in total. The summed E-state index contributed by atoms with van der Waals surface area (Å²) in [4.78, 5) is 2.49. The van der Waals surface area contributed by atoms with Gasteiger partial charge in [0.15, 0.2) is 0 Å². The lowest BCUT2D eigenvalue weighted by Gasteiger charge is -2.32. The quantitative estimate of drug-likeness (QED) is 0.160. The Labute approximate surface area is 315 Å². The molecule has 0 atom stereocenters. The second-order valence-electron chi connectivity index (χ2n) is 14.3. The lowest BCUT2D eigenvalue weighted by atomic mass is 9.74. The molecule has 1 heterocycles. The maximum atomic E-state index is 2.50. The minimum Gasteiger partial charge on any atom is -0.310 e. The molecule has 0 fully saturated rings. The standard InChI is InChI=1S/C51H39NS/c1-3-51(4-2)46-22-12-10-19-40(46)41-30-29-37(33-47(41)51)52(36-27-25-35(26-28-36)39-18-9-8-17-38(39)34-15-6-5-7-16-34)48-23-14-21-44-42(48)31-32-45-43-20-11-13-24-49(43)53-50(44)45/h5-33H,3-4H2,1-2H3. The zero-order valence-corrected chi connectivity index (χ0v) is 30.8. The Hall–Kier alpha value is -5.96. The molecule has 10 rings (SSSR count). The molecule has 0 aliphatic heterocycles. The van der Waals surface area contributed by atoms with Gasteiger partial charge in [0.05, 0.1) is 5.69 Å². The van der Waals surface area contributed by atoms with Gasteiger partial charge in [0.2, 0.25) is 0 Å². The van der Waals surface area contributed by atoms with E-state index in [1.807, 2.05) is 11.3 Å². The molecular weight excluding hydrogens is 659 g/mol. The summed E-state index contributed by atoms with van der Waals surface area (Å²) in [5.74, 6) is 0. The van der Waals surface area contributed by atoms with Gasteiger partial charge in [-0.2, -0.15) is 0 Å². The molecule has 0 spiro atoms. The Morgan fingerprint density at radius 1 is 0.434 bits per heavy atom. The minimum atomic E-state index is -0.0133. The van der Waals surface area contributed by atoms with Crippen molar-refractivity contribution in [2.45, 2.75) is 32.1 Å². The molecular formula is C51H39NS. The van der Waals surface area contributed by atoms with E-state index in [0.717, 1.165) is 18.5 Å². The second-order valence-corrected chi connectivity index (χ2v) is 15.3. The molecule has 8 aromatic carbocycles. The predicted octanol–water partition coefficient (Wildman–Crippen LogP) is 15.1. The van der Waals surface area contributed by atoms with E-state index in [1.165, 1.54) is 86.8 Å². The highest BCUT2D eigenvalue weighted by atomic mass is 32.1. The highest BCUT2D eigenvalue weighted by Crippen LogP contribution is 2.54. The Morgan fingerprint density at radius 2 is 1.02 bits per heavy atom. The first-order valence-electron chi connectivity index (χ1n) is 18.8. The van der Waals surface area contributed by atoms with E-state index < -0.39 is 0 Å². The SMILES string of the molecule is CCC1(CC)c2ccccc2-c2ccc(N(c3ccc(-c4ccccc4-c4ccccc4)cc3)c3cccc4c3ccc3c5ccccc5sc43)cc21. The van der Waals surface area contributed by atoms with Crippen molar-refractivity contribution in [3.05, 3.63) is 187 Å². The van der Waals surface area contributed by atoms with Gasteiger partial charge in [-0.1, -0.05) is 153 Å². The molecule has 0 saturated heterocycles. The van der Waals surface area contributed by atoms with Gasteiger partial charge < -0.3 is 4.90 Å². The van der Waals surface area contributed by atoms with E-state index in [2.05, 4.69) is 195 Å². The van der Waals surface area contributed by atoms with Crippen molar-refractivity contribution in [3.8, 4) is 33.4 Å². The fraction of sp³-hybridized carbons (Fsp3) is 0.0980. The van der Waals surface area contributed by atoms with Crippen molar-refractivity contribution in [3.63, 3.8) is 0 Å². The van der Waals surface area contributed by atoms with Crippen LogP contribution in [0.5, 0.6) is 0 Å². The smallest absolute Gasteiger partial charge is 0.0540 e. The molecule has 1 aliphatic rings. The number of nitrogens with zero attached hydrogens (tertiary/aromatic N) is 1. The largest absolute Gasteiger partial charge is 0.310 e. The van der Waals surface area contributed by atoms with Crippen LogP contribution in [-0.2, 0) is 5.41 Å². The van der Waals surface area contributed by atoms with Crippen LogP contribution in [0.3, 0.4) is 0 Å². The Balaban J connectivity index is 1.18. The molecule has 254 valence electrons. The van der Waals surface area contributed by atoms with Gasteiger partial charge in [0.25, 0.3) is 0 Å². The van der Waals surface area contributed by atoms with Crippen molar-refractivity contribution in [2.75, 3.05) is 4.90 Å². The first-order chi connectivity index (χ1) is 26.2. The monoisotopic (exact) mass is 697 g/mol. The number of hydrogen-bond acceptors (Lipinski definition) is 2. The summed E-state index contributed by atoms with van der Waals surface area (Å²) in [6, 6.07) is 65.3. The van der Waals surface area contributed by atoms with E-state index in [4.69, 9.17) is 0 Å². The maximum Gasteiger partial charge on any atom is 0.0540 e. The number of hydrogen-bond donors (Lipinski definition) is 0. The zero-order chi connectivity index (χ0) is 35.5. The van der Waals surface area contributed by atoms with Gasteiger partial charge in [-0.05, 0) is 93.7 Å². The molecule has 0 radical (unpaired) electrons. The summed E-state index contributed by atoms with van der Waals surface area (Å²) >= 11 is 1.90. The zero-order valence-electron chi connectivity index (χ0n) is 30.0. The predicted molar refractivity (Wildman–Crippen MR) is 229 cm³/mol. The summed E-state index contributed by atoms with van der Waals surface area (Å²) in [7, 11) is 0. The third-order valence-corrected chi connectivity index (χ3v) is 13.0. The van der Waals surface area contributed by atoms with E-state index in [0.29, 0.717) is 0 Å².